The lowest BCUT2D eigenvalue weighted by atomic mass is 10.3. The van der Waals surface area contributed by atoms with Crippen LogP contribution in [0.3, 0.4) is 0 Å². The number of phenols is 1. The molecule has 11 heavy (non-hydrogen) atoms. The fourth-order valence-electron chi connectivity index (χ4n) is 0.892. The quantitative estimate of drug-likeness (QED) is 0.621. The molecule has 1 radical (unpaired) electrons. The number of phenolic OH excluding ortho intramolecular Hbond substituents is 1. The average molecular weight is 150 g/mol. The average Bonchev–Trinajstić information content (AvgIpc) is 2.27. The second-order valence-corrected chi connectivity index (χ2v) is 2.13. The van der Waals surface area contributed by atoms with Crippen molar-refractivity contribution >= 4 is 11.1 Å². The van der Waals surface area contributed by atoms with Crippen molar-refractivity contribution in [3.8, 4) is 11.8 Å². The van der Waals surface area contributed by atoms with E-state index in [0.717, 1.165) is 0 Å². The van der Waals surface area contributed by atoms with Gasteiger partial charge in [-0.05, 0) is 12.1 Å². The smallest absolute Gasteiger partial charge is 0.439 e. The van der Waals surface area contributed by atoms with Crippen molar-refractivity contribution in [1.29, 1.82) is 0 Å². The van der Waals surface area contributed by atoms with E-state index in [9.17, 15) is 5.11 Å². The van der Waals surface area contributed by atoms with Crippen LogP contribution >= 0.6 is 0 Å². The van der Waals surface area contributed by atoms with Crippen molar-refractivity contribution in [2.75, 3.05) is 0 Å². The third-order valence-electron chi connectivity index (χ3n) is 1.35. The van der Waals surface area contributed by atoms with Gasteiger partial charge in [0.05, 0.1) is 0 Å². The topological polar surface area (TPSA) is 66.2 Å². The largest absolute Gasteiger partial charge is 0.508 e. The molecule has 0 aliphatic heterocycles. The minimum absolute atomic E-state index is 0.0636. The summed E-state index contributed by atoms with van der Waals surface area (Å²) >= 11 is 0. The summed E-state index contributed by atoms with van der Waals surface area (Å²) in [7, 11) is 0. The highest BCUT2D eigenvalue weighted by molar-refractivity contribution is 5.74. The van der Waals surface area contributed by atoms with Crippen molar-refractivity contribution in [3.05, 3.63) is 18.2 Å². The van der Waals surface area contributed by atoms with Gasteiger partial charge >= 0.3 is 6.08 Å². The van der Waals surface area contributed by atoms with Crippen LogP contribution in [0.5, 0.6) is 11.8 Å². The Morgan fingerprint density at radius 2 is 2.27 bits per heavy atom. The molecule has 4 nitrogen and oxygen atoms in total. The van der Waals surface area contributed by atoms with E-state index in [2.05, 4.69) is 9.40 Å². The first-order chi connectivity index (χ1) is 5.25. The molecule has 0 spiro atoms. The number of benzene rings is 1. The van der Waals surface area contributed by atoms with Crippen molar-refractivity contribution in [2.45, 2.75) is 0 Å². The zero-order chi connectivity index (χ0) is 7.84. The van der Waals surface area contributed by atoms with Crippen molar-refractivity contribution in [1.82, 2.24) is 4.98 Å². The van der Waals surface area contributed by atoms with Crippen molar-refractivity contribution < 1.29 is 14.6 Å². The van der Waals surface area contributed by atoms with E-state index < -0.39 is 6.08 Å². The molecule has 1 aromatic carbocycles. The molecule has 1 heterocycles. The third-order valence-corrected chi connectivity index (χ3v) is 1.35. The lowest BCUT2D eigenvalue weighted by Crippen LogP contribution is -1.65. The van der Waals surface area contributed by atoms with Gasteiger partial charge in [0.1, 0.15) is 11.3 Å². The predicted octanol–water partition coefficient (Wildman–Crippen LogP) is 1.68. The lowest BCUT2D eigenvalue weighted by Gasteiger charge is -1.86. The van der Waals surface area contributed by atoms with Crippen LogP contribution in [-0.4, -0.2) is 10.1 Å². The van der Waals surface area contributed by atoms with Gasteiger partial charge in [-0.2, -0.15) is 4.98 Å². The summed E-state index contributed by atoms with van der Waals surface area (Å²) in [4.78, 5) is 3.52. The Bertz CT molecular complexity index is 393. The normalized spacial score (nSPS) is 10.5. The zero-order valence-corrected chi connectivity index (χ0v) is 5.44. The summed E-state index contributed by atoms with van der Waals surface area (Å²) in [5.41, 5.74) is 0.780. The van der Waals surface area contributed by atoms with Crippen LogP contribution in [0.1, 0.15) is 0 Å². The van der Waals surface area contributed by atoms with E-state index in [1.165, 1.54) is 18.2 Å². The Balaban J connectivity index is 2.82. The number of hydrogen-bond donors (Lipinski definition) is 1. The minimum Gasteiger partial charge on any atom is -0.508 e. The number of nitrogens with zero attached hydrogens (tertiary/aromatic N) is 1. The van der Waals surface area contributed by atoms with Crippen LogP contribution in [0.2, 0.25) is 0 Å². The molecule has 1 N–H and O–H groups in total. The van der Waals surface area contributed by atoms with Gasteiger partial charge in [0.25, 0.3) is 0 Å². The maximum absolute atomic E-state index is 10.5. The molecule has 2 rings (SSSR count). The van der Waals surface area contributed by atoms with Crippen molar-refractivity contribution in [3.63, 3.8) is 0 Å². The van der Waals surface area contributed by atoms with Gasteiger partial charge in [0.15, 0.2) is 5.58 Å². The molecular weight excluding hydrogens is 146 g/mol. The summed E-state index contributed by atoms with van der Waals surface area (Å²) in [6.45, 7) is 0. The van der Waals surface area contributed by atoms with E-state index in [-0.39, 0.29) is 5.75 Å². The Kier molecular flexibility index (Phi) is 1.03. The van der Waals surface area contributed by atoms with E-state index in [1.54, 1.807) is 0 Å². The van der Waals surface area contributed by atoms with Crippen molar-refractivity contribution in [2.24, 2.45) is 0 Å². The number of aromatic nitrogens is 1. The molecule has 0 saturated heterocycles. The van der Waals surface area contributed by atoms with Crippen LogP contribution < -0.4 is 0 Å². The summed E-state index contributed by atoms with van der Waals surface area (Å²) in [6, 6.07) is 4.32. The Morgan fingerprint density at radius 1 is 1.45 bits per heavy atom. The molecule has 0 saturated carbocycles. The molecule has 0 aliphatic carbocycles. The summed E-state index contributed by atoms with van der Waals surface area (Å²) < 4.78 is 4.62. The zero-order valence-electron chi connectivity index (χ0n) is 5.44. The molecule has 0 fully saturated rings. The Labute approximate surface area is 61.7 Å². The van der Waals surface area contributed by atoms with Crippen LogP contribution in [0.4, 0.5) is 0 Å². The first-order valence-electron chi connectivity index (χ1n) is 3.02. The van der Waals surface area contributed by atoms with E-state index in [4.69, 9.17) is 5.11 Å². The monoisotopic (exact) mass is 150 g/mol. The van der Waals surface area contributed by atoms with E-state index >= 15 is 0 Å². The van der Waals surface area contributed by atoms with Gasteiger partial charge < -0.3 is 9.52 Å². The van der Waals surface area contributed by atoms with Gasteiger partial charge in [-0.25, -0.2) is 5.11 Å². The van der Waals surface area contributed by atoms with Crippen LogP contribution in [0.15, 0.2) is 22.6 Å². The van der Waals surface area contributed by atoms with E-state index in [0.29, 0.717) is 11.1 Å². The molecule has 0 unspecified atom stereocenters. The molecular formula is C7H4NO3. The Morgan fingerprint density at radius 3 is 3.09 bits per heavy atom. The maximum atomic E-state index is 10.5. The fourth-order valence-corrected chi connectivity index (χ4v) is 0.892. The maximum Gasteiger partial charge on any atom is 0.439 e. The highest BCUT2D eigenvalue weighted by Crippen LogP contribution is 2.23. The fraction of sp³-hybridized carbons (Fsp3) is 0. The SMILES string of the molecule is [O]c1nc2ccc(O)cc2o1. The highest BCUT2D eigenvalue weighted by Gasteiger charge is 2.04. The molecule has 4 heteroatoms. The number of aromatic hydroxyl groups is 1. The second kappa shape index (κ2) is 1.88. The van der Waals surface area contributed by atoms with Crippen LogP contribution in [0, 0.1) is 0 Å². The first kappa shape index (κ1) is 6.03. The summed E-state index contributed by atoms with van der Waals surface area (Å²) in [5, 5.41) is 19.5. The molecule has 0 bridgehead atoms. The predicted molar refractivity (Wildman–Crippen MR) is 35.8 cm³/mol. The van der Waals surface area contributed by atoms with Crippen LogP contribution in [-0.2, 0) is 5.11 Å². The first-order valence-corrected chi connectivity index (χ1v) is 3.02. The number of hydrogen-bond acceptors (Lipinski definition) is 3. The van der Waals surface area contributed by atoms with Gasteiger partial charge in [-0.15, -0.1) is 0 Å². The Hall–Kier alpha value is -1.71. The minimum atomic E-state index is -0.634. The van der Waals surface area contributed by atoms with Gasteiger partial charge in [0.2, 0.25) is 0 Å². The highest BCUT2D eigenvalue weighted by atomic mass is 16.5. The molecule has 0 aliphatic rings. The lowest BCUT2D eigenvalue weighted by molar-refractivity contribution is 0.245. The number of oxazole rings is 1. The molecule has 1 aromatic heterocycles. The van der Waals surface area contributed by atoms with Crippen LogP contribution in [0.25, 0.3) is 11.1 Å². The second-order valence-electron chi connectivity index (χ2n) is 2.13. The third kappa shape index (κ3) is 0.881. The summed E-state index contributed by atoms with van der Waals surface area (Å²) in [6.07, 6.45) is -0.634. The molecule has 2 aromatic rings. The van der Waals surface area contributed by atoms with E-state index in [1.807, 2.05) is 0 Å². The molecule has 55 valence electrons. The summed E-state index contributed by atoms with van der Waals surface area (Å²) in [5.74, 6) is 0.0636. The molecule has 0 atom stereocenters. The van der Waals surface area contributed by atoms with Gasteiger partial charge in [0, 0.05) is 6.07 Å². The standard InChI is InChI=1S/C7H4NO3/c9-4-1-2-5-6(3-4)11-7(10)8-5/h1-3,9H. The number of fused-ring (bicyclic) bond motifs is 1. The number of rotatable bonds is 0. The molecule has 0 amide bonds. The van der Waals surface area contributed by atoms with Gasteiger partial charge in [-0.3, -0.25) is 0 Å². The van der Waals surface area contributed by atoms with Gasteiger partial charge in [-0.1, -0.05) is 0 Å².